The first-order valence-electron chi connectivity index (χ1n) is 10.5. The number of hydrogen-bond donors (Lipinski definition) is 2. The van der Waals surface area contributed by atoms with Gasteiger partial charge in [-0.2, -0.15) is 0 Å². The average Bonchev–Trinajstić information content (AvgIpc) is 2.99. The number of benzene rings is 2. The molecule has 2 N–H and O–H groups in total. The number of rotatable bonds is 5. The van der Waals surface area contributed by atoms with Crippen LogP contribution in [0.25, 0.3) is 10.8 Å². The monoisotopic (exact) mass is 423 g/mol. The van der Waals surface area contributed by atoms with E-state index in [1.807, 2.05) is 43.3 Å². The van der Waals surface area contributed by atoms with Crippen LogP contribution in [0.3, 0.4) is 0 Å². The van der Waals surface area contributed by atoms with Crippen LogP contribution in [0, 0.1) is 5.92 Å². The first-order valence-corrected chi connectivity index (χ1v) is 10.5. The number of carbonyl (C=O) groups excluding carboxylic acids is 4. The number of esters is 1. The summed E-state index contributed by atoms with van der Waals surface area (Å²) in [5.41, 5.74) is -0.317. The van der Waals surface area contributed by atoms with E-state index in [0.29, 0.717) is 12.1 Å². The summed E-state index contributed by atoms with van der Waals surface area (Å²) in [7, 11) is 0. The van der Waals surface area contributed by atoms with Gasteiger partial charge in [0.05, 0.1) is 0 Å². The smallest absolute Gasteiger partial charge is 0.326 e. The molecule has 0 aromatic heterocycles. The van der Waals surface area contributed by atoms with Crippen molar-refractivity contribution in [2.75, 3.05) is 18.5 Å². The van der Waals surface area contributed by atoms with E-state index in [2.05, 4.69) is 10.6 Å². The fourth-order valence-electron chi connectivity index (χ4n) is 4.48. The van der Waals surface area contributed by atoms with E-state index in [1.54, 1.807) is 6.07 Å². The molecular weight excluding hydrogens is 398 g/mol. The van der Waals surface area contributed by atoms with E-state index in [-0.39, 0.29) is 11.8 Å². The van der Waals surface area contributed by atoms with Crippen LogP contribution in [0.1, 0.15) is 32.6 Å². The van der Waals surface area contributed by atoms with Crippen LogP contribution < -0.4 is 10.6 Å². The van der Waals surface area contributed by atoms with Gasteiger partial charge in [0.1, 0.15) is 12.1 Å². The first kappa shape index (κ1) is 20.8. The van der Waals surface area contributed by atoms with Gasteiger partial charge in [0.25, 0.3) is 11.8 Å². The Hall–Kier alpha value is -3.42. The maximum Gasteiger partial charge on any atom is 0.326 e. The van der Waals surface area contributed by atoms with E-state index in [0.717, 1.165) is 34.9 Å². The van der Waals surface area contributed by atoms with E-state index in [9.17, 15) is 19.2 Å². The van der Waals surface area contributed by atoms with E-state index in [4.69, 9.17) is 4.74 Å². The van der Waals surface area contributed by atoms with Crippen molar-refractivity contribution in [2.24, 2.45) is 5.92 Å². The molecule has 4 rings (SSSR count). The molecule has 1 saturated heterocycles. The van der Waals surface area contributed by atoms with Gasteiger partial charge in [-0.25, -0.2) is 4.79 Å². The zero-order valence-corrected chi connectivity index (χ0v) is 17.3. The van der Waals surface area contributed by atoms with Crippen LogP contribution >= 0.6 is 0 Å². The van der Waals surface area contributed by atoms with Gasteiger partial charge in [0.15, 0.2) is 6.61 Å². The van der Waals surface area contributed by atoms with Crippen LogP contribution in [0.2, 0.25) is 0 Å². The molecule has 8 heteroatoms. The molecule has 2 aromatic rings. The molecular formula is C23H25N3O5. The number of nitrogens with one attached hydrogen (secondary N) is 2. The van der Waals surface area contributed by atoms with Crippen LogP contribution in [0.15, 0.2) is 42.5 Å². The number of fused-ring (bicyclic) bond motifs is 1. The summed E-state index contributed by atoms with van der Waals surface area (Å²) in [5, 5.41) is 7.36. The standard InChI is InChI=1S/C23H25N3O5/c1-15-7-4-5-12-23(15)21(29)26(22(30)25-23)13-20(28)31-14-19(27)24-18-11-6-9-16-8-2-3-10-17(16)18/h2-3,6,8-11,15H,4-5,7,12-14H2,1H3,(H,24,27)(H,25,30)/t15-,23-/m1/s1. The summed E-state index contributed by atoms with van der Waals surface area (Å²) >= 11 is 0. The number of amides is 4. The summed E-state index contributed by atoms with van der Waals surface area (Å²) in [6.45, 7) is 0.921. The third-order valence-electron chi connectivity index (χ3n) is 6.22. The van der Waals surface area contributed by atoms with E-state index >= 15 is 0 Å². The molecule has 1 saturated carbocycles. The Balaban J connectivity index is 1.33. The van der Waals surface area contributed by atoms with Crippen molar-refractivity contribution in [2.45, 2.75) is 38.1 Å². The highest BCUT2D eigenvalue weighted by molar-refractivity contribution is 6.09. The van der Waals surface area contributed by atoms with Crippen LogP contribution in [-0.2, 0) is 19.1 Å². The molecule has 0 unspecified atom stereocenters. The zero-order valence-electron chi connectivity index (χ0n) is 17.3. The lowest BCUT2D eigenvalue weighted by atomic mass is 9.73. The van der Waals surface area contributed by atoms with Gasteiger partial charge in [-0.05, 0) is 30.2 Å². The highest BCUT2D eigenvalue weighted by atomic mass is 16.5. The minimum Gasteiger partial charge on any atom is -0.454 e. The van der Waals surface area contributed by atoms with Crippen LogP contribution in [0.5, 0.6) is 0 Å². The second kappa shape index (κ2) is 8.37. The normalized spacial score (nSPS) is 23.1. The quantitative estimate of drug-likeness (QED) is 0.568. The molecule has 31 heavy (non-hydrogen) atoms. The molecule has 1 spiro atoms. The Labute approximate surface area is 179 Å². The molecule has 0 bridgehead atoms. The van der Waals surface area contributed by atoms with Gasteiger partial charge in [0.2, 0.25) is 0 Å². The number of carbonyl (C=O) groups is 4. The third-order valence-corrected chi connectivity index (χ3v) is 6.22. The van der Waals surface area contributed by atoms with Gasteiger partial charge in [-0.1, -0.05) is 56.2 Å². The predicted octanol–water partition coefficient (Wildman–Crippen LogP) is 2.82. The van der Waals surface area contributed by atoms with Gasteiger partial charge < -0.3 is 15.4 Å². The lowest BCUT2D eigenvalue weighted by molar-refractivity contribution is -0.150. The van der Waals surface area contributed by atoms with Crippen molar-refractivity contribution in [3.8, 4) is 0 Å². The van der Waals surface area contributed by atoms with Crippen molar-refractivity contribution >= 4 is 40.3 Å². The number of hydrogen-bond acceptors (Lipinski definition) is 5. The number of anilines is 1. The van der Waals surface area contributed by atoms with Gasteiger partial charge in [0, 0.05) is 11.1 Å². The second-order valence-electron chi connectivity index (χ2n) is 8.18. The largest absolute Gasteiger partial charge is 0.454 e. The Kier molecular flexibility index (Phi) is 5.63. The third kappa shape index (κ3) is 3.97. The summed E-state index contributed by atoms with van der Waals surface area (Å²) in [6.07, 6.45) is 3.28. The maximum absolute atomic E-state index is 12.9. The van der Waals surface area contributed by atoms with E-state index in [1.165, 1.54) is 0 Å². The molecule has 2 atom stereocenters. The van der Waals surface area contributed by atoms with Crippen LogP contribution in [0.4, 0.5) is 10.5 Å². The van der Waals surface area contributed by atoms with Crippen molar-refractivity contribution in [3.63, 3.8) is 0 Å². The molecule has 2 aliphatic rings. The van der Waals surface area contributed by atoms with Crippen LogP contribution in [-0.4, -0.2) is 47.4 Å². The highest BCUT2D eigenvalue weighted by Gasteiger charge is 2.55. The molecule has 4 amide bonds. The lowest BCUT2D eigenvalue weighted by Crippen LogP contribution is -2.54. The van der Waals surface area contributed by atoms with E-state index < -0.39 is 36.6 Å². The summed E-state index contributed by atoms with van der Waals surface area (Å²) < 4.78 is 5.02. The second-order valence-corrected chi connectivity index (χ2v) is 8.18. The molecule has 1 heterocycles. The topological polar surface area (TPSA) is 105 Å². The molecule has 2 fully saturated rings. The number of urea groups is 1. The summed E-state index contributed by atoms with van der Waals surface area (Å²) in [5.74, 6) is -1.69. The molecule has 1 aliphatic carbocycles. The van der Waals surface area contributed by atoms with Crippen molar-refractivity contribution in [1.82, 2.24) is 10.2 Å². The minimum absolute atomic E-state index is 0.00481. The lowest BCUT2D eigenvalue weighted by Gasteiger charge is -2.36. The molecule has 1 aliphatic heterocycles. The summed E-state index contributed by atoms with van der Waals surface area (Å²) in [4.78, 5) is 50.6. The Morgan fingerprint density at radius 3 is 2.74 bits per heavy atom. The summed E-state index contributed by atoms with van der Waals surface area (Å²) in [6, 6.07) is 12.5. The van der Waals surface area contributed by atoms with Gasteiger partial charge >= 0.3 is 12.0 Å². The molecule has 162 valence electrons. The maximum atomic E-state index is 12.9. The SMILES string of the molecule is C[C@@H]1CCCC[C@@]12NC(=O)N(CC(=O)OCC(=O)Nc1cccc3ccccc13)C2=O. The van der Waals surface area contributed by atoms with Gasteiger partial charge in [-0.15, -0.1) is 0 Å². The minimum atomic E-state index is -0.929. The molecule has 0 radical (unpaired) electrons. The van der Waals surface area contributed by atoms with Crippen molar-refractivity contribution < 1.29 is 23.9 Å². The van der Waals surface area contributed by atoms with Crippen molar-refractivity contribution in [3.05, 3.63) is 42.5 Å². The number of imide groups is 1. The zero-order chi connectivity index (χ0) is 22.0. The molecule has 2 aromatic carbocycles. The fourth-order valence-corrected chi connectivity index (χ4v) is 4.48. The predicted molar refractivity (Wildman–Crippen MR) is 114 cm³/mol. The van der Waals surface area contributed by atoms with Crippen molar-refractivity contribution in [1.29, 1.82) is 0 Å². The van der Waals surface area contributed by atoms with Gasteiger partial charge in [-0.3, -0.25) is 19.3 Å². The Morgan fingerprint density at radius 2 is 1.94 bits per heavy atom. The number of ether oxygens (including phenoxy) is 1. The molecule has 8 nitrogen and oxygen atoms in total. The average molecular weight is 423 g/mol. The Bertz CT molecular complexity index is 1050. The number of nitrogens with zero attached hydrogens (tertiary/aromatic N) is 1. The Morgan fingerprint density at radius 1 is 1.16 bits per heavy atom. The first-order chi connectivity index (χ1) is 14.9. The highest BCUT2D eigenvalue weighted by Crippen LogP contribution is 2.38. The fraction of sp³-hybridized carbons (Fsp3) is 0.391.